The molecule has 0 aliphatic heterocycles. The summed E-state index contributed by atoms with van der Waals surface area (Å²) in [5, 5.41) is 15.0. The van der Waals surface area contributed by atoms with Crippen molar-refractivity contribution in [1.82, 2.24) is 10.6 Å². The topological polar surface area (TPSA) is 78.4 Å². The molecule has 0 bridgehead atoms. The number of carbonyl (C=O) groups excluding carboxylic acids is 1. The molecule has 120 valence electrons. The Kier molecular flexibility index (Phi) is 5.48. The highest BCUT2D eigenvalue weighted by molar-refractivity contribution is 5.74. The van der Waals surface area contributed by atoms with Crippen LogP contribution in [0.5, 0.6) is 0 Å². The van der Waals surface area contributed by atoms with Crippen molar-refractivity contribution in [1.29, 1.82) is 0 Å². The highest BCUT2D eigenvalue weighted by atomic mass is 16.4. The lowest BCUT2D eigenvalue weighted by Gasteiger charge is -2.32. The van der Waals surface area contributed by atoms with E-state index in [4.69, 9.17) is 5.11 Å². The number of hydrogen-bond acceptors (Lipinski definition) is 2. The summed E-state index contributed by atoms with van der Waals surface area (Å²) in [6.07, 6.45) is 5.82. The molecule has 5 nitrogen and oxygen atoms in total. The third kappa shape index (κ3) is 4.35. The highest BCUT2D eigenvalue weighted by Crippen LogP contribution is 2.31. The zero-order chi connectivity index (χ0) is 15.4. The number of hydrogen-bond donors (Lipinski definition) is 3. The minimum atomic E-state index is -0.727. The van der Waals surface area contributed by atoms with Crippen LogP contribution >= 0.6 is 0 Å². The summed E-state index contributed by atoms with van der Waals surface area (Å²) in [6.45, 7) is 4.99. The van der Waals surface area contributed by atoms with E-state index in [1.165, 1.54) is 0 Å². The van der Waals surface area contributed by atoms with Crippen molar-refractivity contribution >= 4 is 12.0 Å². The summed E-state index contributed by atoms with van der Waals surface area (Å²) < 4.78 is 0. The first-order valence-corrected chi connectivity index (χ1v) is 8.24. The maximum Gasteiger partial charge on any atom is 0.315 e. The molecule has 2 aliphatic rings. The number of aliphatic carboxylic acids is 1. The van der Waals surface area contributed by atoms with Crippen LogP contribution in [-0.4, -0.2) is 29.7 Å². The molecular weight excluding hydrogens is 268 g/mol. The minimum absolute atomic E-state index is 0.0820. The lowest BCUT2D eigenvalue weighted by atomic mass is 9.79. The standard InChI is InChI=1S/C16H28N2O3/c1-10-6-7-13(8-11(10)2)18-16(21)17-9-12-4-3-5-14(12)15(19)20/h10-14H,3-9H2,1-2H3,(H,19,20)(H2,17,18,21). The third-order valence-corrected chi connectivity index (χ3v) is 5.43. The summed E-state index contributed by atoms with van der Waals surface area (Å²) in [5.74, 6) is 0.449. The monoisotopic (exact) mass is 296 g/mol. The molecule has 0 aromatic carbocycles. The average molecular weight is 296 g/mol. The van der Waals surface area contributed by atoms with Gasteiger partial charge in [-0.1, -0.05) is 20.3 Å². The number of urea groups is 1. The molecule has 2 saturated carbocycles. The second kappa shape index (κ2) is 7.14. The molecule has 0 saturated heterocycles. The van der Waals surface area contributed by atoms with Gasteiger partial charge in [-0.3, -0.25) is 4.79 Å². The summed E-state index contributed by atoms with van der Waals surface area (Å²) in [6, 6.07) is 0.118. The van der Waals surface area contributed by atoms with Crippen molar-refractivity contribution in [3.63, 3.8) is 0 Å². The Balaban J connectivity index is 1.71. The van der Waals surface area contributed by atoms with Crippen LogP contribution in [0.1, 0.15) is 52.4 Å². The molecule has 2 amide bonds. The number of amides is 2. The molecule has 0 heterocycles. The molecule has 5 unspecified atom stereocenters. The van der Waals surface area contributed by atoms with E-state index in [-0.39, 0.29) is 23.9 Å². The molecule has 5 heteroatoms. The molecular formula is C16H28N2O3. The van der Waals surface area contributed by atoms with E-state index in [0.717, 1.165) is 44.4 Å². The van der Waals surface area contributed by atoms with Crippen LogP contribution in [0, 0.1) is 23.7 Å². The maximum atomic E-state index is 12.0. The quantitative estimate of drug-likeness (QED) is 0.746. The van der Waals surface area contributed by atoms with Gasteiger partial charge >= 0.3 is 12.0 Å². The molecule has 21 heavy (non-hydrogen) atoms. The van der Waals surface area contributed by atoms with Gasteiger partial charge in [-0.15, -0.1) is 0 Å². The van der Waals surface area contributed by atoms with Crippen LogP contribution < -0.4 is 10.6 Å². The fourth-order valence-electron chi connectivity index (χ4n) is 3.75. The van der Waals surface area contributed by atoms with E-state index >= 15 is 0 Å². The van der Waals surface area contributed by atoms with Crippen LogP contribution in [0.15, 0.2) is 0 Å². The number of carbonyl (C=O) groups is 2. The summed E-state index contributed by atoms with van der Waals surface area (Å²) in [5.41, 5.74) is 0. The van der Waals surface area contributed by atoms with Gasteiger partial charge in [0, 0.05) is 12.6 Å². The van der Waals surface area contributed by atoms with Crippen molar-refractivity contribution in [2.75, 3.05) is 6.54 Å². The summed E-state index contributed by atoms with van der Waals surface area (Å²) >= 11 is 0. The first kappa shape index (κ1) is 16.1. The van der Waals surface area contributed by atoms with Crippen LogP contribution in [-0.2, 0) is 4.79 Å². The van der Waals surface area contributed by atoms with Gasteiger partial charge in [-0.25, -0.2) is 4.79 Å². The maximum absolute atomic E-state index is 12.0. The van der Waals surface area contributed by atoms with E-state index in [1.54, 1.807) is 0 Å². The number of carboxylic acids is 1. The molecule has 0 radical (unpaired) electrons. The fourth-order valence-corrected chi connectivity index (χ4v) is 3.75. The fraction of sp³-hybridized carbons (Fsp3) is 0.875. The Morgan fingerprint density at radius 2 is 1.86 bits per heavy atom. The zero-order valence-electron chi connectivity index (χ0n) is 13.1. The van der Waals surface area contributed by atoms with E-state index in [9.17, 15) is 9.59 Å². The normalized spacial score (nSPS) is 36.2. The Hall–Kier alpha value is -1.26. The third-order valence-electron chi connectivity index (χ3n) is 5.43. The molecule has 0 aromatic rings. The first-order chi connectivity index (χ1) is 9.97. The SMILES string of the molecule is CC1CCC(NC(=O)NCC2CCCC2C(=O)O)CC1C. The van der Waals surface area contributed by atoms with Gasteiger partial charge in [0.15, 0.2) is 0 Å². The number of rotatable bonds is 4. The van der Waals surface area contributed by atoms with E-state index in [1.807, 2.05) is 0 Å². The predicted octanol–water partition coefficient (Wildman–Crippen LogP) is 2.61. The molecule has 5 atom stereocenters. The molecule has 0 spiro atoms. The van der Waals surface area contributed by atoms with Crippen molar-refractivity contribution in [3.8, 4) is 0 Å². The molecule has 2 fully saturated rings. The van der Waals surface area contributed by atoms with Crippen molar-refractivity contribution in [2.24, 2.45) is 23.7 Å². The van der Waals surface area contributed by atoms with Crippen molar-refractivity contribution in [3.05, 3.63) is 0 Å². The van der Waals surface area contributed by atoms with Crippen LogP contribution in [0.3, 0.4) is 0 Å². The van der Waals surface area contributed by atoms with Crippen LogP contribution in [0.2, 0.25) is 0 Å². The Labute approximate surface area is 126 Å². The Morgan fingerprint density at radius 1 is 1.10 bits per heavy atom. The molecule has 2 rings (SSSR count). The second-order valence-corrected chi connectivity index (χ2v) is 6.95. The van der Waals surface area contributed by atoms with Crippen LogP contribution in [0.25, 0.3) is 0 Å². The van der Waals surface area contributed by atoms with Crippen molar-refractivity contribution in [2.45, 2.75) is 58.4 Å². The first-order valence-electron chi connectivity index (χ1n) is 8.24. The van der Waals surface area contributed by atoms with E-state index in [0.29, 0.717) is 12.5 Å². The number of nitrogens with one attached hydrogen (secondary N) is 2. The molecule has 3 N–H and O–H groups in total. The Bertz CT molecular complexity index is 386. The second-order valence-electron chi connectivity index (χ2n) is 6.95. The van der Waals surface area contributed by atoms with E-state index < -0.39 is 5.97 Å². The largest absolute Gasteiger partial charge is 0.481 e. The van der Waals surface area contributed by atoms with Gasteiger partial charge in [0.25, 0.3) is 0 Å². The summed E-state index contributed by atoms with van der Waals surface area (Å²) in [7, 11) is 0. The highest BCUT2D eigenvalue weighted by Gasteiger charge is 2.33. The average Bonchev–Trinajstić information content (AvgIpc) is 2.89. The minimum Gasteiger partial charge on any atom is -0.481 e. The number of carboxylic acid groups (broad SMARTS) is 1. The molecule has 0 aromatic heterocycles. The van der Waals surface area contributed by atoms with Gasteiger partial charge in [0.05, 0.1) is 5.92 Å². The van der Waals surface area contributed by atoms with Gasteiger partial charge < -0.3 is 15.7 Å². The lowest BCUT2D eigenvalue weighted by Crippen LogP contribution is -2.46. The van der Waals surface area contributed by atoms with Gasteiger partial charge in [0.2, 0.25) is 0 Å². The molecule has 2 aliphatic carbocycles. The van der Waals surface area contributed by atoms with Crippen molar-refractivity contribution < 1.29 is 14.7 Å². The smallest absolute Gasteiger partial charge is 0.315 e. The Morgan fingerprint density at radius 3 is 2.52 bits per heavy atom. The lowest BCUT2D eigenvalue weighted by molar-refractivity contribution is -0.142. The predicted molar refractivity (Wildman–Crippen MR) is 81.0 cm³/mol. The zero-order valence-corrected chi connectivity index (χ0v) is 13.1. The van der Waals surface area contributed by atoms with Crippen LogP contribution in [0.4, 0.5) is 4.79 Å². The van der Waals surface area contributed by atoms with Gasteiger partial charge in [-0.2, -0.15) is 0 Å². The van der Waals surface area contributed by atoms with Gasteiger partial charge in [-0.05, 0) is 49.9 Å². The summed E-state index contributed by atoms with van der Waals surface area (Å²) in [4.78, 5) is 23.1. The van der Waals surface area contributed by atoms with Gasteiger partial charge in [0.1, 0.15) is 0 Å². The van der Waals surface area contributed by atoms with E-state index in [2.05, 4.69) is 24.5 Å².